The van der Waals surface area contributed by atoms with Crippen molar-refractivity contribution in [3.05, 3.63) is 16.4 Å². The first-order valence-electron chi connectivity index (χ1n) is 6.87. The molecule has 0 aliphatic rings. The standard InChI is InChI=1S/C14H23ClN2O2/c1-5-8-14(4,13(18)19)9-11-12(15)10(6-2)16-17(11)7-3/h5-9H2,1-4H3,(H,18,19). The van der Waals surface area contributed by atoms with E-state index in [0.29, 0.717) is 24.4 Å². The highest BCUT2D eigenvalue weighted by atomic mass is 35.5. The smallest absolute Gasteiger partial charge is 0.309 e. The van der Waals surface area contributed by atoms with E-state index in [9.17, 15) is 9.90 Å². The summed E-state index contributed by atoms with van der Waals surface area (Å²) >= 11 is 6.34. The van der Waals surface area contributed by atoms with E-state index in [4.69, 9.17) is 11.6 Å². The van der Waals surface area contributed by atoms with E-state index in [0.717, 1.165) is 24.2 Å². The van der Waals surface area contributed by atoms with Crippen molar-refractivity contribution in [3.8, 4) is 0 Å². The predicted molar refractivity (Wildman–Crippen MR) is 76.6 cm³/mol. The number of hydrogen-bond donors (Lipinski definition) is 1. The number of carbonyl (C=O) groups is 1. The third kappa shape index (κ3) is 3.30. The van der Waals surface area contributed by atoms with Crippen LogP contribution in [0.5, 0.6) is 0 Å². The number of carboxylic acid groups (broad SMARTS) is 1. The Morgan fingerprint density at radius 3 is 2.47 bits per heavy atom. The molecule has 0 aliphatic heterocycles. The number of nitrogens with zero attached hydrogens (tertiary/aromatic N) is 2. The summed E-state index contributed by atoms with van der Waals surface area (Å²) in [6.07, 6.45) is 2.66. The van der Waals surface area contributed by atoms with Crippen LogP contribution in [0.25, 0.3) is 0 Å². The molecule has 1 aromatic rings. The van der Waals surface area contributed by atoms with Gasteiger partial charge in [0.25, 0.3) is 0 Å². The van der Waals surface area contributed by atoms with Crippen molar-refractivity contribution in [2.24, 2.45) is 5.41 Å². The molecule has 1 unspecified atom stereocenters. The molecule has 1 rings (SSSR count). The first-order chi connectivity index (χ1) is 8.89. The highest BCUT2D eigenvalue weighted by molar-refractivity contribution is 6.31. The lowest BCUT2D eigenvalue weighted by molar-refractivity contribution is -0.148. The quantitative estimate of drug-likeness (QED) is 0.834. The number of hydrogen-bond acceptors (Lipinski definition) is 2. The summed E-state index contributed by atoms with van der Waals surface area (Å²) in [6, 6.07) is 0. The van der Waals surface area contributed by atoms with Crippen molar-refractivity contribution >= 4 is 17.6 Å². The Labute approximate surface area is 119 Å². The molecule has 0 amide bonds. The molecule has 1 atom stereocenters. The molecular formula is C14H23ClN2O2. The van der Waals surface area contributed by atoms with Crippen LogP contribution in [0.1, 0.15) is 51.9 Å². The molecular weight excluding hydrogens is 264 g/mol. The minimum atomic E-state index is -0.781. The van der Waals surface area contributed by atoms with Crippen LogP contribution in [-0.2, 0) is 24.2 Å². The Balaban J connectivity index is 3.15. The van der Waals surface area contributed by atoms with Crippen molar-refractivity contribution in [3.63, 3.8) is 0 Å². The number of halogens is 1. The maximum atomic E-state index is 11.5. The minimum absolute atomic E-state index is 0.426. The van der Waals surface area contributed by atoms with Gasteiger partial charge in [-0.1, -0.05) is 31.9 Å². The number of aryl methyl sites for hydroxylation is 2. The Morgan fingerprint density at radius 1 is 1.42 bits per heavy atom. The highest BCUT2D eigenvalue weighted by Gasteiger charge is 2.34. The monoisotopic (exact) mass is 286 g/mol. The van der Waals surface area contributed by atoms with Crippen molar-refractivity contribution < 1.29 is 9.90 Å². The van der Waals surface area contributed by atoms with Crippen LogP contribution < -0.4 is 0 Å². The van der Waals surface area contributed by atoms with E-state index >= 15 is 0 Å². The second-order valence-electron chi connectivity index (χ2n) is 5.17. The van der Waals surface area contributed by atoms with E-state index in [-0.39, 0.29) is 0 Å². The average molecular weight is 287 g/mol. The van der Waals surface area contributed by atoms with E-state index < -0.39 is 11.4 Å². The Kier molecular flexibility index (Phi) is 5.41. The summed E-state index contributed by atoms with van der Waals surface area (Å²) < 4.78 is 1.83. The summed E-state index contributed by atoms with van der Waals surface area (Å²) in [7, 11) is 0. The summed E-state index contributed by atoms with van der Waals surface area (Å²) in [6.45, 7) is 8.48. The van der Waals surface area contributed by atoms with Gasteiger partial charge in [-0.3, -0.25) is 9.48 Å². The van der Waals surface area contributed by atoms with Gasteiger partial charge in [0, 0.05) is 13.0 Å². The molecule has 0 aromatic carbocycles. The molecule has 0 saturated carbocycles. The fraction of sp³-hybridized carbons (Fsp3) is 0.714. The van der Waals surface area contributed by atoms with Crippen molar-refractivity contribution in [1.82, 2.24) is 9.78 Å². The summed E-state index contributed by atoms with van der Waals surface area (Å²) in [5.74, 6) is -0.771. The van der Waals surface area contributed by atoms with Crippen LogP contribution in [0.3, 0.4) is 0 Å². The lowest BCUT2D eigenvalue weighted by Gasteiger charge is -2.24. The summed E-state index contributed by atoms with van der Waals surface area (Å²) in [5.41, 5.74) is 0.915. The highest BCUT2D eigenvalue weighted by Crippen LogP contribution is 2.33. The van der Waals surface area contributed by atoms with Crippen LogP contribution in [0, 0.1) is 5.41 Å². The molecule has 0 fully saturated rings. The van der Waals surface area contributed by atoms with Gasteiger partial charge >= 0.3 is 5.97 Å². The average Bonchev–Trinajstić information content (AvgIpc) is 2.66. The third-order valence-electron chi connectivity index (χ3n) is 3.57. The fourth-order valence-electron chi connectivity index (χ4n) is 2.38. The van der Waals surface area contributed by atoms with Crippen LogP contribution in [0.15, 0.2) is 0 Å². The zero-order chi connectivity index (χ0) is 14.6. The fourth-order valence-corrected chi connectivity index (χ4v) is 2.71. The van der Waals surface area contributed by atoms with Gasteiger partial charge in [-0.05, 0) is 26.7 Å². The van der Waals surface area contributed by atoms with Gasteiger partial charge in [0.1, 0.15) is 0 Å². The lowest BCUT2D eigenvalue weighted by Crippen LogP contribution is -2.31. The molecule has 0 spiro atoms. The van der Waals surface area contributed by atoms with E-state index in [1.165, 1.54) is 0 Å². The van der Waals surface area contributed by atoms with Gasteiger partial charge in [0.2, 0.25) is 0 Å². The first-order valence-corrected chi connectivity index (χ1v) is 7.24. The Hall–Kier alpha value is -1.03. The molecule has 0 bridgehead atoms. The van der Waals surface area contributed by atoms with Gasteiger partial charge < -0.3 is 5.11 Å². The van der Waals surface area contributed by atoms with E-state index in [1.54, 1.807) is 6.92 Å². The van der Waals surface area contributed by atoms with Crippen molar-refractivity contribution in [1.29, 1.82) is 0 Å². The topological polar surface area (TPSA) is 55.1 Å². The largest absolute Gasteiger partial charge is 0.481 e. The van der Waals surface area contributed by atoms with E-state index in [1.807, 2.05) is 25.5 Å². The second-order valence-corrected chi connectivity index (χ2v) is 5.55. The number of rotatable bonds is 7. The van der Waals surface area contributed by atoms with Gasteiger partial charge in [-0.25, -0.2) is 0 Å². The Bertz CT molecular complexity index is 457. The molecule has 0 radical (unpaired) electrons. The molecule has 5 heteroatoms. The van der Waals surface area contributed by atoms with Gasteiger partial charge in [-0.2, -0.15) is 5.10 Å². The van der Waals surface area contributed by atoms with Gasteiger partial charge in [0.05, 0.1) is 21.8 Å². The summed E-state index contributed by atoms with van der Waals surface area (Å²) in [4.78, 5) is 11.5. The SMILES string of the molecule is CCCC(C)(Cc1c(Cl)c(CC)nn1CC)C(=O)O. The van der Waals surface area contributed by atoms with Crippen molar-refractivity contribution in [2.45, 2.75) is 59.9 Å². The maximum Gasteiger partial charge on any atom is 0.309 e. The molecule has 0 saturated heterocycles. The lowest BCUT2D eigenvalue weighted by atomic mass is 9.81. The molecule has 1 N–H and O–H groups in total. The molecule has 19 heavy (non-hydrogen) atoms. The minimum Gasteiger partial charge on any atom is -0.481 e. The predicted octanol–water partition coefficient (Wildman–Crippen LogP) is 3.55. The third-order valence-corrected chi connectivity index (χ3v) is 4.01. The summed E-state index contributed by atoms with van der Waals surface area (Å²) in [5, 5.41) is 14.5. The van der Waals surface area contributed by atoms with Crippen LogP contribution in [0.4, 0.5) is 0 Å². The Morgan fingerprint density at radius 2 is 2.05 bits per heavy atom. The van der Waals surface area contributed by atoms with E-state index in [2.05, 4.69) is 5.10 Å². The van der Waals surface area contributed by atoms with Gasteiger partial charge in [-0.15, -0.1) is 0 Å². The van der Waals surface area contributed by atoms with Crippen LogP contribution in [-0.4, -0.2) is 20.9 Å². The molecule has 0 aliphatic carbocycles. The van der Waals surface area contributed by atoms with Gasteiger partial charge in [0.15, 0.2) is 0 Å². The van der Waals surface area contributed by atoms with Crippen molar-refractivity contribution in [2.75, 3.05) is 0 Å². The van der Waals surface area contributed by atoms with Crippen LogP contribution >= 0.6 is 11.6 Å². The molecule has 1 aromatic heterocycles. The zero-order valence-electron chi connectivity index (χ0n) is 12.2. The molecule has 108 valence electrons. The number of aromatic nitrogens is 2. The van der Waals surface area contributed by atoms with Crippen LogP contribution in [0.2, 0.25) is 5.02 Å². The molecule has 1 heterocycles. The molecule has 4 nitrogen and oxygen atoms in total. The maximum absolute atomic E-state index is 11.5. The normalized spacial score (nSPS) is 14.4. The number of carboxylic acids is 1. The zero-order valence-corrected chi connectivity index (χ0v) is 12.9. The first kappa shape index (κ1) is 16.0. The number of aliphatic carboxylic acids is 1. The second kappa shape index (κ2) is 6.42.